The molecule has 0 spiro atoms. The zero-order valence-corrected chi connectivity index (χ0v) is 12.4. The van der Waals surface area contributed by atoms with E-state index in [1.807, 2.05) is 6.92 Å². The summed E-state index contributed by atoms with van der Waals surface area (Å²) in [7, 11) is 1.60. The Morgan fingerprint density at radius 1 is 1.37 bits per heavy atom. The van der Waals surface area contributed by atoms with Crippen LogP contribution in [0.25, 0.3) is 0 Å². The van der Waals surface area contributed by atoms with E-state index >= 15 is 0 Å². The van der Waals surface area contributed by atoms with Crippen LogP contribution in [0.1, 0.15) is 13.3 Å². The summed E-state index contributed by atoms with van der Waals surface area (Å²) in [6, 6.07) is 4.85. The number of carbonyl (C=O) groups is 1. The average Bonchev–Trinajstić information content (AvgIpc) is 2.39. The third kappa shape index (κ3) is 5.68. The Kier molecular flexibility index (Phi) is 6.99. The highest BCUT2D eigenvalue weighted by Gasteiger charge is 2.10. The zero-order chi connectivity index (χ0) is 14.3. The van der Waals surface area contributed by atoms with E-state index in [1.165, 1.54) is 0 Å². The number of rotatable bonds is 7. The number of carbonyl (C=O) groups excluding carboxylic acids is 1. The second kappa shape index (κ2) is 8.25. The fourth-order valence-electron chi connectivity index (χ4n) is 1.45. The van der Waals surface area contributed by atoms with E-state index < -0.39 is 0 Å². The van der Waals surface area contributed by atoms with Crippen LogP contribution in [-0.4, -0.2) is 32.3 Å². The molecule has 0 heterocycles. The van der Waals surface area contributed by atoms with Crippen LogP contribution in [0.3, 0.4) is 0 Å². The van der Waals surface area contributed by atoms with Gasteiger partial charge in [0.2, 0.25) is 0 Å². The van der Waals surface area contributed by atoms with Gasteiger partial charge in [-0.05, 0) is 18.6 Å². The number of nitrogens with one attached hydrogen (secondary N) is 1. The summed E-state index contributed by atoms with van der Waals surface area (Å²) in [5.41, 5.74) is 0. The minimum absolute atomic E-state index is 0.00472. The van der Waals surface area contributed by atoms with E-state index in [0.717, 1.165) is 6.42 Å². The van der Waals surface area contributed by atoms with E-state index in [-0.39, 0.29) is 18.6 Å². The highest BCUT2D eigenvalue weighted by Crippen LogP contribution is 2.26. The Bertz CT molecular complexity index is 426. The van der Waals surface area contributed by atoms with Crippen LogP contribution in [0.15, 0.2) is 18.2 Å². The lowest BCUT2D eigenvalue weighted by Crippen LogP contribution is -2.40. The second-order valence-corrected chi connectivity index (χ2v) is 4.81. The first kappa shape index (κ1) is 16.1. The molecule has 4 nitrogen and oxygen atoms in total. The highest BCUT2D eigenvalue weighted by molar-refractivity contribution is 6.42. The molecule has 1 rings (SSSR count). The molecule has 6 heteroatoms. The predicted octanol–water partition coefficient (Wildman–Crippen LogP) is 2.91. The first-order valence-corrected chi connectivity index (χ1v) is 6.68. The molecule has 1 atom stereocenters. The van der Waals surface area contributed by atoms with Gasteiger partial charge in [-0.2, -0.15) is 0 Å². The maximum Gasteiger partial charge on any atom is 0.258 e. The van der Waals surface area contributed by atoms with Crippen LogP contribution in [0.5, 0.6) is 5.75 Å². The predicted molar refractivity (Wildman–Crippen MR) is 76.1 cm³/mol. The molecule has 0 bridgehead atoms. The summed E-state index contributed by atoms with van der Waals surface area (Å²) in [4.78, 5) is 11.7. The smallest absolute Gasteiger partial charge is 0.258 e. The fraction of sp³-hybridized carbons (Fsp3) is 0.462. The molecule has 1 N–H and O–H groups in total. The van der Waals surface area contributed by atoms with Gasteiger partial charge in [0.15, 0.2) is 6.61 Å². The first-order valence-electron chi connectivity index (χ1n) is 5.93. The average molecular weight is 306 g/mol. The van der Waals surface area contributed by atoms with E-state index in [1.54, 1.807) is 25.3 Å². The van der Waals surface area contributed by atoms with Crippen LogP contribution >= 0.6 is 23.2 Å². The molecular formula is C13H17Cl2NO3. The summed E-state index contributed by atoms with van der Waals surface area (Å²) < 4.78 is 10.3. The number of hydrogen-bond donors (Lipinski definition) is 1. The van der Waals surface area contributed by atoms with Gasteiger partial charge in [-0.3, -0.25) is 4.79 Å². The summed E-state index contributed by atoms with van der Waals surface area (Å²) in [5, 5.41) is 3.66. The van der Waals surface area contributed by atoms with Gasteiger partial charge in [0.25, 0.3) is 5.91 Å². The van der Waals surface area contributed by atoms with Crippen LogP contribution in [0.2, 0.25) is 10.0 Å². The Hall–Kier alpha value is -0.970. The number of methoxy groups -OCH3 is 1. The van der Waals surface area contributed by atoms with Crippen molar-refractivity contribution in [2.24, 2.45) is 0 Å². The van der Waals surface area contributed by atoms with Crippen molar-refractivity contribution in [2.75, 3.05) is 20.3 Å². The van der Waals surface area contributed by atoms with Crippen LogP contribution in [0, 0.1) is 0 Å². The van der Waals surface area contributed by atoms with E-state index in [2.05, 4.69) is 5.32 Å². The molecular weight excluding hydrogens is 289 g/mol. The van der Waals surface area contributed by atoms with Gasteiger partial charge in [-0.25, -0.2) is 0 Å². The molecule has 0 saturated heterocycles. The van der Waals surface area contributed by atoms with Gasteiger partial charge in [0.05, 0.1) is 22.7 Å². The number of halogens is 2. The number of benzene rings is 1. The standard InChI is InChI=1S/C13H17Cl2NO3/c1-3-9(7-18-2)16-13(17)8-19-10-4-5-11(14)12(15)6-10/h4-6,9H,3,7-8H2,1-2H3,(H,16,17). The Morgan fingerprint density at radius 2 is 2.11 bits per heavy atom. The van der Waals surface area contributed by atoms with Gasteiger partial charge < -0.3 is 14.8 Å². The minimum Gasteiger partial charge on any atom is -0.484 e. The second-order valence-electron chi connectivity index (χ2n) is 3.99. The van der Waals surface area contributed by atoms with Gasteiger partial charge >= 0.3 is 0 Å². The van der Waals surface area contributed by atoms with Crippen molar-refractivity contribution >= 4 is 29.1 Å². The Labute approximate surface area is 123 Å². The topological polar surface area (TPSA) is 47.6 Å². The molecule has 0 radical (unpaired) electrons. The molecule has 0 aliphatic heterocycles. The zero-order valence-electron chi connectivity index (χ0n) is 10.9. The number of hydrogen-bond acceptors (Lipinski definition) is 3. The third-order valence-electron chi connectivity index (χ3n) is 2.49. The van der Waals surface area contributed by atoms with Gasteiger partial charge in [-0.15, -0.1) is 0 Å². The van der Waals surface area contributed by atoms with Crippen LogP contribution < -0.4 is 10.1 Å². The van der Waals surface area contributed by atoms with Crippen molar-refractivity contribution < 1.29 is 14.3 Å². The largest absolute Gasteiger partial charge is 0.484 e. The molecule has 19 heavy (non-hydrogen) atoms. The van der Waals surface area contributed by atoms with Gasteiger partial charge in [0.1, 0.15) is 5.75 Å². The van der Waals surface area contributed by atoms with E-state index in [4.69, 9.17) is 32.7 Å². The molecule has 1 aromatic carbocycles. The maximum atomic E-state index is 11.7. The summed E-state index contributed by atoms with van der Waals surface area (Å²) in [6.45, 7) is 2.39. The Balaban J connectivity index is 2.43. The Morgan fingerprint density at radius 3 is 2.68 bits per heavy atom. The molecule has 0 fully saturated rings. The van der Waals surface area contributed by atoms with Gasteiger partial charge in [-0.1, -0.05) is 30.1 Å². The SMILES string of the molecule is CCC(COC)NC(=O)COc1ccc(Cl)c(Cl)c1. The summed E-state index contributed by atoms with van der Waals surface area (Å²) >= 11 is 11.6. The van der Waals surface area contributed by atoms with Crippen molar-refractivity contribution in [3.8, 4) is 5.75 Å². The summed E-state index contributed by atoms with van der Waals surface area (Å²) in [6.07, 6.45) is 0.798. The fourth-order valence-corrected chi connectivity index (χ4v) is 1.74. The van der Waals surface area contributed by atoms with Crippen LogP contribution in [0.4, 0.5) is 0 Å². The molecule has 0 aliphatic carbocycles. The monoisotopic (exact) mass is 305 g/mol. The van der Waals surface area contributed by atoms with E-state index in [9.17, 15) is 4.79 Å². The highest BCUT2D eigenvalue weighted by atomic mass is 35.5. The molecule has 106 valence electrons. The first-order chi connectivity index (χ1) is 9.06. The minimum atomic E-state index is -0.199. The van der Waals surface area contributed by atoms with Crippen molar-refractivity contribution in [1.82, 2.24) is 5.32 Å². The third-order valence-corrected chi connectivity index (χ3v) is 3.23. The maximum absolute atomic E-state index is 11.7. The van der Waals surface area contributed by atoms with Crippen LogP contribution in [-0.2, 0) is 9.53 Å². The van der Waals surface area contributed by atoms with Gasteiger partial charge in [0, 0.05) is 13.2 Å². The van der Waals surface area contributed by atoms with Crippen molar-refractivity contribution in [3.63, 3.8) is 0 Å². The van der Waals surface area contributed by atoms with E-state index in [0.29, 0.717) is 22.4 Å². The quantitative estimate of drug-likeness (QED) is 0.842. The van der Waals surface area contributed by atoms with Crippen molar-refractivity contribution in [3.05, 3.63) is 28.2 Å². The molecule has 0 saturated carbocycles. The van der Waals surface area contributed by atoms with Crippen molar-refractivity contribution in [1.29, 1.82) is 0 Å². The molecule has 0 aliphatic rings. The molecule has 1 unspecified atom stereocenters. The lowest BCUT2D eigenvalue weighted by molar-refractivity contribution is -0.124. The lowest BCUT2D eigenvalue weighted by atomic mass is 10.2. The molecule has 0 aromatic heterocycles. The normalized spacial score (nSPS) is 12.0. The molecule has 1 aromatic rings. The number of ether oxygens (including phenoxy) is 2. The lowest BCUT2D eigenvalue weighted by Gasteiger charge is -2.16. The molecule has 1 amide bonds. The van der Waals surface area contributed by atoms with Crippen molar-refractivity contribution in [2.45, 2.75) is 19.4 Å². The summed E-state index contributed by atoms with van der Waals surface area (Å²) in [5.74, 6) is 0.305. The number of amides is 1.